The van der Waals surface area contributed by atoms with E-state index in [1.165, 1.54) is 0 Å². The Labute approximate surface area is 130 Å². The van der Waals surface area contributed by atoms with E-state index in [0.29, 0.717) is 12.0 Å². The van der Waals surface area contributed by atoms with E-state index in [1.807, 2.05) is 0 Å². The molecule has 5 heteroatoms. The van der Waals surface area contributed by atoms with Crippen molar-refractivity contribution in [1.29, 1.82) is 0 Å². The summed E-state index contributed by atoms with van der Waals surface area (Å²) in [6.07, 6.45) is 0. The number of rotatable bonds is 5. The third-order valence-corrected chi connectivity index (χ3v) is 2.66. The van der Waals surface area contributed by atoms with Gasteiger partial charge in [-0.05, 0) is 33.6 Å². The molecule has 0 aliphatic carbocycles. The Bertz CT molecular complexity index is 234. The second-order valence-corrected chi connectivity index (χ2v) is 5.85. The predicted molar refractivity (Wildman–Crippen MR) is 92.0 cm³/mol. The average Bonchev–Trinajstić information content (AvgIpc) is 2.20. The molecule has 0 aromatic rings. The van der Waals surface area contributed by atoms with E-state index < -0.39 is 0 Å². The van der Waals surface area contributed by atoms with Crippen molar-refractivity contribution >= 4 is 29.9 Å². The lowest BCUT2D eigenvalue weighted by molar-refractivity contribution is 0.426. The number of aliphatic imine (C=N–C) groups is 1. The molecule has 4 nitrogen and oxygen atoms in total. The minimum absolute atomic E-state index is 0. The Kier molecular flexibility index (Phi) is 11.1. The highest BCUT2D eigenvalue weighted by Crippen LogP contribution is 1.99. The first-order valence-electron chi connectivity index (χ1n) is 6.48. The van der Waals surface area contributed by atoms with Crippen LogP contribution in [0.5, 0.6) is 0 Å². The summed E-state index contributed by atoms with van der Waals surface area (Å²) in [7, 11) is 1.81. The highest BCUT2D eigenvalue weighted by molar-refractivity contribution is 14.0. The molecule has 0 saturated carbocycles. The summed E-state index contributed by atoms with van der Waals surface area (Å²) in [5.74, 6) is 1.48. The van der Waals surface area contributed by atoms with Crippen molar-refractivity contribution in [1.82, 2.24) is 16.0 Å². The number of hydrogen-bond donors (Lipinski definition) is 3. The molecular weight excluding hydrogens is 339 g/mol. The van der Waals surface area contributed by atoms with Gasteiger partial charge >= 0.3 is 0 Å². The first kappa shape index (κ1) is 20.3. The van der Waals surface area contributed by atoms with Gasteiger partial charge in [-0.25, -0.2) is 0 Å². The van der Waals surface area contributed by atoms with Crippen molar-refractivity contribution in [2.45, 2.75) is 53.1 Å². The Morgan fingerprint density at radius 2 is 1.67 bits per heavy atom. The molecule has 0 aliphatic rings. The molecule has 0 saturated heterocycles. The number of nitrogens with one attached hydrogen (secondary N) is 3. The van der Waals surface area contributed by atoms with E-state index in [4.69, 9.17) is 0 Å². The topological polar surface area (TPSA) is 48.5 Å². The minimum Gasteiger partial charge on any atom is -0.355 e. The summed E-state index contributed by atoms with van der Waals surface area (Å²) in [5, 5.41) is 10.1. The quantitative estimate of drug-likeness (QED) is 0.301. The van der Waals surface area contributed by atoms with Crippen LogP contribution in [-0.4, -0.2) is 37.7 Å². The second-order valence-electron chi connectivity index (χ2n) is 5.85. The summed E-state index contributed by atoms with van der Waals surface area (Å²) >= 11 is 0. The molecule has 0 heterocycles. The SMILES string of the molecule is CN=C(NCCNC(C)(C)C)NC(C)C(C)C.I. The smallest absolute Gasteiger partial charge is 0.191 e. The first-order valence-corrected chi connectivity index (χ1v) is 6.48. The normalized spacial score (nSPS) is 14.1. The summed E-state index contributed by atoms with van der Waals surface area (Å²) in [4.78, 5) is 4.21. The zero-order chi connectivity index (χ0) is 13.5. The van der Waals surface area contributed by atoms with Crippen LogP contribution in [0.4, 0.5) is 0 Å². The fraction of sp³-hybridized carbons (Fsp3) is 0.923. The van der Waals surface area contributed by atoms with E-state index in [-0.39, 0.29) is 29.5 Å². The molecule has 0 amide bonds. The maximum Gasteiger partial charge on any atom is 0.191 e. The molecule has 0 fully saturated rings. The van der Waals surface area contributed by atoms with Crippen LogP contribution in [0.3, 0.4) is 0 Å². The van der Waals surface area contributed by atoms with E-state index in [2.05, 4.69) is 62.5 Å². The third-order valence-electron chi connectivity index (χ3n) is 2.66. The minimum atomic E-state index is 0. The van der Waals surface area contributed by atoms with Gasteiger partial charge in [0, 0.05) is 31.7 Å². The summed E-state index contributed by atoms with van der Waals surface area (Å²) < 4.78 is 0. The maximum absolute atomic E-state index is 4.21. The van der Waals surface area contributed by atoms with Crippen molar-refractivity contribution in [2.75, 3.05) is 20.1 Å². The molecule has 3 N–H and O–H groups in total. The second kappa shape index (κ2) is 9.83. The van der Waals surface area contributed by atoms with Gasteiger partial charge in [0.15, 0.2) is 5.96 Å². The van der Waals surface area contributed by atoms with Gasteiger partial charge in [0.2, 0.25) is 0 Å². The number of halogens is 1. The van der Waals surface area contributed by atoms with Crippen LogP contribution >= 0.6 is 24.0 Å². The van der Waals surface area contributed by atoms with Crippen LogP contribution in [0.2, 0.25) is 0 Å². The molecule has 110 valence electrons. The first-order chi connectivity index (χ1) is 7.76. The van der Waals surface area contributed by atoms with E-state index in [0.717, 1.165) is 19.0 Å². The molecular formula is C13H31IN4. The fourth-order valence-electron chi connectivity index (χ4n) is 1.20. The molecule has 18 heavy (non-hydrogen) atoms. The lowest BCUT2D eigenvalue weighted by Gasteiger charge is -2.23. The molecule has 1 atom stereocenters. The van der Waals surface area contributed by atoms with Crippen molar-refractivity contribution in [2.24, 2.45) is 10.9 Å². The Morgan fingerprint density at radius 1 is 1.11 bits per heavy atom. The molecule has 1 unspecified atom stereocenters. The standard InChI is InChI=1S/C13H30N4.HI/c1-10(2)11(3)17-12(14-7)15-8-9-16-13(4,5)6;/h10-11,16H,8-9H2,1-7H3,(H2,14,15,17);1H. The molecule has 0 aromatic carbocycles. The summed E-state index contributed by atoms with van der Waals surface area (Å²) in [6, 6.07) is 0.428. The number of hydrogen-bond acceptors (Lipinski definition) is 2. The van der Waals surface area contributed by atoms with E-state index in [9.17, 15) is 0 Å². The van der Waals surface area contributed by atoms with Crippen LogP contribution in [0, 0.1) is 5.92 Å². The average molecular weight is 370 g/mol. The van der Waals surface area contributed by atoms with Crippen molar-refractivity contribution < 1.29 is 0 Å². The van der Waals surface area contributed by atoms with Crippen LogP contribution in [0.1, 0.15) is 41.5 Å². The van der Waals surface area contributed by atoms with Gasteiger partial charge in [0.1, 0.15) is 0 Å². The lowest BCUT2D eigenvalue weighted by Crippen LogP contribution is -2.47. The molecule has 0 spiro atoms. The van der Waals surface area contributed by atoms with Gasteiger partial charge in [-0.2, -0.15) is 0 Å². The Hall–Kier alpha value is -0.0400. The maximum atomic E-state index is 4.21. The molecule has 0 aromatic heterocycles. The van der Waals surface area contributed by atoms with Crippen LogP contribution < -0.4 is 16.0 Å². The molecule has 0 radical (unpaired) electrons. The van der Waals surface area contributed by atoms with Gasteiger partial charge < -0.3 is 16.0 Å². The zero-order valence-corrected chi connectivity index (χ0v) is 15.3. The van der Waals surface area contributed by atoms with Crippen LogP contribution in [0.15, 0.2) is 4.99 Å². The van der Waals surface area contributed by atoms with Crippen molar-refractivity contribution in [3.63, 3.8) is 0 Å². The lowest BCUT2D eigenvalue weighted by atomic mass is 10.1. The third kappa shape index (κ3) is 11.1. The van der Waals surface area contributed by atoms with Crippen molar-refractivity contribution in [3.8, 4) is 0 Å². The van der Waals surface area contributed by atoms with Crippen LogP contribution in [-0.2, 0) is 0 Å². The van der Waals surface area contributed by atoms with Crippen molar-refractivity contribution in [3.05, 3.63) is 0 Å². The molecule has 0 bridgehead atoms. The van der Waals surface area contributed by atoms with E-state index in [1.54, 1.807) is 7.05 Å². The van der Waals surface area contributed by atoms with Gasteiger partial charge in [-0.1, -0.05) is 13.8 Å². The number of nitrogens with zero attached hydrogens (tertiary/aromatic N) is 1. The molecule has 0 aliphatic heterocycles. The Morgan fingerprint density at radius 3 is 2.06 bits per heavy atom. The Balaban J connectivity index is 0. The van der Waals surface area contributed by atoms with Gasteiger partial charge in [0.05, 0.1) is 0 Å². The van der Waals surface area contributed by atoms with Gasteiger partial charge in [0.25, 0.3) is 0 Å². The monoisotopic (exact) mass is 370 g/mol. The number of guanidine groups is 1. The highest BCUT2D eigenvalue weighted by Gasteiger charge is 2.09. The summed E-state index contributed by atoms with van der Waals surface area (Å²) in [5.41, 5.74) is 0.170. The highest BCUT2D eigenvalue weighted by atomic mass is 127. The van der Waals surface area contributed by atoms with E-state index >= 15 is 0 Å². The van der Waals surface area contributed by atoms with Crippen LogP contribution in [0.25, 0.3) is 0 Å². The zero-order valence-electron chi connectivity index (χ0n) is 12.9. The molecule has 0 rings (SSSR count). The van der Waals surface area contributed by atoms with Gasteiger partial charge in [-0.3, -0.25) is 4.99 Å². The fourth-order valence-corrected chi connectivity index (χ4v) is 1.20. The largest absolute Gasteiger partial charge is 0.355 e. The van der Waals surface area contributed by atoms with Gasteiger partial charge in [-0.15, -0.1) is 24.0 Å². The predicted octanol–water partition coefficient (Wildman–Crippen LogP) is 2.20. The summed E-state index contributed by atoms with van der Waals surface area (Å²) in [6.45, 7) is 14.9.